The van der Waals surface area contributed by atoms with E-state index >= 15 is 0 Å². The molecule has 3 N–H and O–H groups in total. The van der Waals surface area contributed by atoms with Crippen molar-refractivity contribution in [3.8, 4) is 11.6 Å². The number of nitrogens with one attached hydrogen (secondary N) is 3. The molecule has 2 saturated carbocycles. The second-order valence-electron chi connectivity index (χ2n) is 16.7. The quantitative estimate of drug-likeness (QED) is 0.218. The normalized spacial score (nSPS) is 28.3. The van der Waals surface area contributed by atoms with E-state index in [1.165, 1.54) is 25.3 Å². The van der Waals surface area contributed by atoms with E-state index in [2.05, 4.69) is 25.3 Å². The van der Waals surface area contributed by atoms with Crippen molar-refractivity contribution in [1.29, 1.82) is 0 Å². The molecule has 0 spiro atoms. The maximum absolute atomic E-state index is 14.8. The van der Waals surface area contributed by atoms with Gasteiger partial charge >= 0.3 is 18.4 Å². The molecule has 336 valence electrons. The topological polar surface area (TPSA) is 195 Å². The number of hydrogen-bond acceptors (Lipinski definition) is 11. The monoisotopic (exact) mass is 890 g/mol. The van der Waals surface area contributed by atoms with Gasteiger partial charge in [-0.25, -0.2) is 23.2 Å². The standard InChI is InChI=1S/C39H48F6N6O9S/c1-6-21-15-20(2)9-7-8-10-22-18-37(22,34(54)50-61(56,57)25-12-13-25)49-31(52)28-17-24(19-51(28)33(53)29(21)48-35(55)60-36(3,4)39(43,44)45)59-32-30(38(40,41)42)46-26-14-11-23(58-5)16-27(26)47-32/h8,10-11,14,16,20-22,24-25,28-29H,6-7,9,12-13,15,17-19H2,1-5H3,(H,48,55)(H,49,52)(H,50,54)/b10-8-/t20-,21-,22?,24-,28+,29+,37-/m1/s1. The smallest absolute Gasteiger partial charge is 0.438 e. The van der Waals surface area contributed by atoms with Crippen molar-refractivity contribution in [3.63, 3.8) is 0 Å². The number of rotatable bonds is 9. The van der Waals surface area contributed by atoms with E-state index in [4.69, 9.17) is 14.2 Å². The fraction of sp³-hybridized carbons (Fsp3) is 0.641. The molecule has 3 heterocycles. The number of aromatic nitrogens is 2. The molecule has 15 nitrogen and oxygen atoms in total. The lowest BCUT2D eigenvalue weighted by Crippen LogP contribution is -2.59. The average molecular weight is 891 g/mol. The number of fused-ring (bicyclic) bond motifs is 3. The first-order chi connectivity index (χ1) is 28.4. The van der Waals surface area contributed by atoms with Gasteiger partial charge in [0.25, 0.3) is 5.91 Å². The Morgan fingerprint density at radius 3 is 2.36 bits per heavy atom. The molecule has 2 aromatic rings. The zero-order valence-corrected chi connectivity index (χ0v) is 34.8. The van der Waals surface area contributed by atoms with Crippen LogP contribution in [0.2, 0.25) is 0 Å². The Bertz CT molecular complexity index is 2180. The Balaban J connectivity index is 1.40. The summed E-state index contributed by atoms with van der Waals surface area (Å²) < 4.78 is 128. The highest BCUT2D eigenvalue weighted by Crippen LogP contribution is 2.46. The van der Waals surface area contributed by atoms with Gasteiger partial charge in [-0.1, -0.05) is 32.4 Å². The molecule has 3 fully saturated rings. The fourth-order valence-electron chi connectivity index (χ4n) is 7.73. The Kier molecular flexibility index (Phi) is 12.5. The number of hydrogen-bond donors (Lipinski definition) is 3. The molecule has 22 heteroatoms. The van der Waals surface area contributed by atoms with E-state index in [1.54, 1.807) is 19.1 Å². The van der Waals surface area contributed by atoms with Crippen molar-refractivity contribution in [2.24, 2.45) is 17.8 Å². The maximum atomic E-state index is 14.8. The fourth-order valence-corrected chi connectivity index (χ4v) is 9.10. The van der Waals surface area contributed by atoms with Gasteiger partial charge < -0.3 is 29.7 Å². The van der Waals surface area contributed by atoms with Crippen LogP contribution in [0, 0.1) is 17.8 Å². The third-order valence-corrected chi connectivity index (χ3v) is 13.5. The van der Waals surface area contributed by atoms with Crippen molar-refractivity contribution in [1.82, 2.24) is 30.2 Å². The summed E-state index contributed by atoms with van der Waals surface area (Å²) in [5.41, 5.74) is -6.49. The second-order valence-corrected chi connectivity index (χ2v) is 18.7. The number of amides is 4. The summed E-state index contributed by atoms with van der Waals surface area (Å²) in [5.74, 6) is -5.33. The number of alkyl carbamates (subject to hydrolysis) is 1. The number of methoxy groups -OCH3 is 1. The van der Waals surface area contributed by atoms with Crippen LogP contribution in [0.15, 0.2) is 30.4 Å². The van der Waals surface area contributed by atoms with Crippen LogP contribution >= 0.6 is 0 Å². The van der Waals surface area contributed by atoms with Gasteiger partial charge in [-0.2, -0.15) is 26.3 Å². The van der Waals surface area contributed by atoms with Crippen LogP contribution in [0.5, 0.6) is 11.6 Å². The van der Waals surface area contributed by atoms with Crippen molar-refractivity contribution < 1.29 is 68.1 Å². The minimum atomic E-state index is -5.09. The Labute approximate surface area is 347 Å². The van der Waals surface area contributed by atoms with E-state index < -0.39 is 117 Å². The molecule has 1 aromatic carbocycles. The highest BCUT2D eigenvalue weighted by Gasteiger charge is 2.62. The van der Waals surface area contributed by atoms with Gasteiger partial charge in [0.1, 0.15) is 29.5 Å². The van der Waals surface area contributed by atoms with Gasteiger partial charge in [0, 0.05) is 18.4 Å². The third kappa shape index (κ3) is 9.93. The van der Waals surface area contributed by atoms with Gasteiger partial charge in [0.05, 0.1) is 29.9 Å². The van der Waals surface area contributed by atoms with Crippen LogP contribution in [0.25, 0.3) is 11.0 Å². The summed E-state index contributed by atoms with van der Waals surface area (Å²) in [6, 6.07) is 0.722. The number of alkyl halides is 6. The summed E-state index contributed by atoms with van der Waals surface area (Å²) in [5, 5.41) is 4.14. The van der Waals surface area contributed by atoms with Crippen LogP contribution in [0.3, 0.4) is 0 Å². The lowest BCUT2D eigenvalue weighted by molar-refractivity contribution is -0.244. The van der Waals surface area contributed by atoms with Gasteiger partial charge in [0.2, 0.25) is 39.0 Å². The first-order valence-corrected chi connectivity index (χ1v) is 21.4. The van der Waals surface area contributed by atoms with E-state index in [0.717, 1.165) is 4.90 Å². The largest absolute Gasteiger partial charge is 0.497 e. The molecule has 2 aliphatic heterocycles. The van der Waals surface area contributed by atoms with Crippen LogP contribution in [-0.4, -0.2) is 102 Å². The molecule has 0 bridgehead atoms. The second kappa shape index (κ2) is 16.8. The molecule has 61 heavy (non-hydrogen) atoms. The van der Waals surface area contributed by atoms with Gasteiger partial charge in [-0.05, 0) is 76.3 Å². The first-order valence-electron chi connectivity index (χ1n) is 19.9. The zero-order valence-electron chi connectivity index (χ0n) is 34.0. The number of carbonyl (C=O) groups excluding carboxylic acids is 4. The number of halogens is 6. The zero-order chi connectivity index (χ0) is 44.9. The van der Waals surface area contributed by atoms with E-state index in [1.807, 2.05) is 6.92 Å². The van der Waals surface area contributed by atoms with Gasteiger partial charge in [0.15, 0.2) is 0 Å². The summed E-state index contributed by atoms with van der Waals surface area (Å²) in [4.78, 5) is 65.0. The Morgan fingerprint density at radius 1 is 1.03 bits per heavy atom. The van der Waals surface area contributed by atoms with E-state index in [9.17, 15) is 53.9 Å². The molecule has 1 saturated heterocycles. The molecule has 1 aromatic heterocycles. The van der Waals surface area contributed by atoms with Crippen LogP contribution < -0.4 is 24.8 Å². The summed E-state index contributed by atoms with van der Waals surface area (Å²) >= 11 is 0. The molecule has 2 aliphatic carbocycles. The average Bonchev–Trinajstić information content (AvgIpc) is 4.09. The van der Waals surface area contributed by atoms with Gasteiger partial charge in [-0.3, -0.25) is 19.1 Å². The lowest BCUT2D eigenvalue weighted by Gasteiger charge is -2.35. The maximum Gasteiger partial charge on any atom is 0.438 e. The van der Waals surface area contributed by atoms with Crippen LogP contribution in [0.1, 0.15) is 84.8 Å². The third-order valence-electron chi connectivity index (χ3n) is 11.7. The van der Waals surface area contributed by atoms with Crippen LogP contribution in [0.4, 0.5) is 31.1 Å². The molecule has 6 rings (SSSR count). The predicted molar refractivity (Wildman–Crippen MR) is 204 cm³/mol. The minimum Gasteiger partial charge on any atom is -0.497 e. The summed E-state index contributed by atoms with van der Waals surface area (Å²) in [6.07, 6.45) is -8.03. The van der Waals surface area contributed by atoms with E-state index in [-0.39, 0.29) is 42.0 Å². The Hall–Kier alpha value is -4.89. The van der Waals surface area contributed by atoms with Crippen molar-refractivity contribution in [2.75, 3.05) is 13.7 Å². The highest BCUT2D eigenvalue weighted by molar-refractivity contribution is 7.91. The van der Waals surface area contributed by atoms with Crippen molar-refractivity contribution >= 4 is 44.9 Å². The Morgan fingerprint density at radius 2 is 1.74 bits per heavy atom. The van der Waals surface area contributed by atoms with E-state index in [0.29, 0.717) is 39.5 Å². The van der Waals surface area contributed by atoms with Crippen molar-refractivity contribution in [3.05, 3.63) is 36.0 Å². The number of nitrogens with zero attached hydrogens (tertiary/aromatic N) is 3. The summed E-state index contributed by atoms with van der Waals surface area (Å²) in [6.45, 7) is 4.20. The highest BCUT2D eigenvalue weighted by atomic mass is 32.2. The molecule has 4 aliphatic rings. The number of carbonyl (C=O) groups is 4. The predicted octanol–water partition coefficient (Wildman–Crippen LogP) is 5.33. The van der Waals surface area contributed by atoms with Gasteiger partial charge in [-0.15, -0.1) is 0 Å². The summed E-state index contributed by atoms with van der Waals surface area (Å²) in [7, 11) is -2.76. The molecule has 0 radical (unpaired) electrons. The number of sulfonamides is 1. The van der Waals surface area contributed by atoms with Crippen molar-refractivity contribution in [2.45, 2.75) is 126 Å². The number of benzene rings is 1. The molecule has 1 unspecified atom stereocenters. The molecular formula is C39H48F6N6O9S. The SMILES string of the molecule is CC[C@@H]1C[C@H](C)CC/C=C\C2C[C@@]2(C(=O)NS(=O)(=O)C2CC2)NC(=O)[C@@H]2C[C@@H](Oc3nc4cc(OC)ccc4nc3C(F)(F)F)CN2C(=O)[C@H]1NC(=O)OC(C)(C)C(F)(F)F. The molecule has 7 atom stereocenters. The lowest BCUT2D eigenvalue weighted by atomic mass is 9.85. The number of ether oxygens (including phenoxy) is 3. The number of allylic oxidation sites excluding steroid dienone is 1. The minimum absolute atomic E-state index is 0.0224. The molecular weight excluding hydrogens is 843 g/mol. The van der Waals surface area contributed by atoms with Crippen LogP contribution in [-0.2, 0) is 35.3 Å². The molecule has 4 amide bonds. The first kappa shape index (κ1) is 45.6.